The molecule has 1 amide bonds. The average Bonchev–Trinajstić information content (AvgIpc) is 2.60. The second-order valence-corrected chi connectivity index (χ2v) is 4.73. The number of hydrogen-bond acceptors (Lipinski definition) is 5. The standard InChI is InChI=1S/C10H14N6O/c1-10(2,3)15-9(17)16-5-14-6-7(11)12-4-13-8(6)16/h4-5H,1-3H3,(H,15,17)(H2,11,12,13). The van der Waals surface area contributed by atoms with Gasteiger partial charge in [0.2, 0.25) is 0 Å². The molecular weight excluding hydrogens is 220 g/mol. The molecule has 0 saturated heterocycles. The third-order valence-corrected chi connectivity index (χ3v) is 2.06. The van der Waals surface area contributed by atoms with Crippen LogP contribution < -0.4 is 11.1 Å². The molecule has 7 nitrogen and oxygen atoms in total. The molecule has 7 heteroatoms. The van der Waals surface area contributed by atoms with Crippen molar-refractivity contribution in [1.29, 1.82) is 0 Å². The van der Waals surface area contributed by atoms with E-state index in [4.69, 9.17) is 5.73 Å². The number of nitrogens with one attached hydrogen (secondary N) is 1. The minimum absolute atomic E-state index is 0.261. The van der Waals surface area contributed by atoms with Crippen LogP contribution in [0.3, 0.4) is 0 Å². The Hall–Kier alpha value is -2.18. The second kappa shape index (κ2) is 3.69. The molecule has 0 spiro atoms. The Kier molecular flexibility index (Phi) is 2.45. The van der Waals surface area contributed by atoms with Gasteiger partial charge in [-0.25, -0.2) is 24.3 Å². The summed E-state index contributed by atoms with van der Waals surface area (Å²) in [7, 11) is 0. The summed E-state index contributed by atoms with van der Waals surface area (Å²) in [4.78, 5) is 23.8. The van der Waals surface area contributed by atoms with Gasteiger partial charge in [0, 0.05) is 5.54 Å². The van der Waals surface area contributed by atoms with Crippen LogP contribution in [0.4, 0.5) is 10.6 Å². The van der Waals surface area contributed by atoms with E-state index in [2.05, 4.69) is 20.3 Å². The number of nitrogen functional groups attached to an aromatic ring is 1. The van der Waals surface area contributed by atoms with Crippen molar-refractivity contribution in [2.24, 2.45) is 0 Å². The summed E-state index contributed by atoms with van der Waals surface area (Å²) in [5.41, 5.74) is 6.14. The zero-order valence-corrected chi connectivity index (χ0v) is 9.93. The van der Waals surface area contributed by atoms with Gasteiger partial charge in [-0.2, -0.15) is 0 Å². The van der Waals surface area contributed by atoms with Gasteiger partial charge < -0.3 is 11.1 Å². The average molecular weight is 234 g/mol. The number of fused-ring (bicyclic) bond motifs is 1. The molecule has 17 heavy (non-hydrogen) atoms. The fourth-order valence-corrected chi connectivity index (χ4v) is 1.38. The zero-order chi connectivity index (χ0) is 12.6. The van der Waals surface area contributed by atoms with E-state index in [1.807, 2.05) is 20.8 Å². The second-order valence-electron chi connectivity index (χ2n) is 4.73. The SMILES string of the molecule is CC(C)(C)NC(=O)n1cnc2c(N)ncnc21. The van der Waals surface area contributed by atoms with Crippen molar-refractivity contribution in [3.05, 3.63) is 12.7 Å². The molecule has 0 aliphatic carbocycles. The van der Waals surface area contributed by atoms with Gasteiger partial charge in [0.1, 0.15) is 12.7 Å². The van der Waals surface area contributed by atoms with Crippen molar-refractivity contribution in [2.75, 3.05) is 5.73 Å². The Bertz CT molecular complexity index is 568. The normalized spacial score (nSPS) is 11.7. The lowest BCUT2D eigenvalue weighted by molar-refractivity contribution is 0.234. The molecule has 0 atom stereocenters. The van der Waals surface area contributed by atoms with Crippen LogP contribution in [0.2, 0.25) is 0 Å². The smallest absolute Gasteiger partial charge is 0.328 e. The molecule has 2 aromatic heterocycles. The first-order valence-electron chi connectivity index (χ1n) is 5.14. The quantitative estimate of drug-likeness (QED) is 0.701. The summed E-state index contributed by atoms with van der Waals surface area (Å²) in [6, 6.07) is -0.293. The number of hydrogen-bond donors (Lipinski definition) is 2. The van der Waals surface area contributed by atoms with Crippen LogP contribution in [-0.4, -0.2) is 31.1 Å². The van der Waals surface area contributed by atoms with Crippen LogP contribution in [0.15, 0.2) is 12.7 Å². The Morgan fingerprint density at radius 2 is 2.06 bits per heavy atom. The molecule has 0 bridgehead atoms. The third-order valence-electron chi connectivity index (χ3n) is 2.06. The number of nitrogens with two attached hydrogens (primary N) is 1. The number of rotatable bonds is 0. The molecule has 0 radical (unpaired) electrons. The lowest BCUT2D eigenvalue weighted by Gasteiger charge is -2.20. The summed E-state index contributed by atoms with van der Waals surface area (Å²) < 4.78 is 1.32. The van der Waals surface area contributed by atoms with Gasteiger partial charge in [-0.15, -0.1) is 0 Å². The van der Waals surface area contributed by atoms with Crippen molar-refractivity contribution >= 4 is 23.0 Å². The summed E-state index contributed by atoms with van der Waals surface area (Å²) >= 11 is 0. The lowest BCUT2D eigenvalue weighted by Crippen LogP contribution is -2.42. The minimum atomic E-state index is -0.327. The predicted molar refractivity (Wildman–Crippen MR) is 63.4 cm³/mol. The molecule has 2 rings (SSSR count). The topological polar surface area (TPSA) is 98.7 Å². The van der Waals surface area contributed by atoms with Crippen LogP contribution in [0.25, 0.3) is 11.2 Å². The predicted octanol–water partition coefficient (Wildman–Crippen LogP) is 0.765. The molecule has 0 aliphatic heterocycles. The first kappa shape index (κ1) is 11.3. The number of anilines is 1. The van der Waals surface area contributed by atoms with E-state index in [9.17, 15) is 4.79 Å². The number of carbonyl (C=O) groups is 1. The molecule has 0 aliphatic rings. The van der Waals surface area contributed by atoms with Crippen LogP contribution >= 0.6 is 0 Å². The van der Waals surface area contributed by atoms with E-state index in [0.717, 1.165) is 0 Å². The van der Waals surface area contributed by atoms with E-state index >= 15 is 0 Å². The van der Waals surface area contributed by atoms with Gasteiger partial charge >= 0.3 is 6.03 Å². The van der Waals surface area contributed by atoms with Crippen molar-refractivity contribution < 1.29 is 4.79 Å². The van der Waals surface area contributed by atoms with Crippen LogP contribution in [0.1, 0.15) is 20.8 Å². The zero-order valence-electron chi connectivity index (χ0n) is 9.93. The summed E-state index contributed by atoms with van der Waals surface area (Å²) in [6.45, 7) is 5.69. The molecular formula is C10H14N6O. The van der Waals surface area contributed by atoms with Crippen molar-refractivity contribution in [3.8, 4) is 0 Å². The van der Waals surface area contributed by atoms with Crippen LogP contribution in [0.5, 0.6) is 0 Å². The number of amides is 1. The maximum atomic E-state index is 12.0. The molecule has 2 aromatic rings. The van der Waals surface area contributed by atoms with Gasteiger partial charge in [0.25, 0.3) is 0 Å². The van der Waals surface area contributed by atoms with Gasteiger partial charge in [-0.05, 0) is 20.8 Å². The van der Waals surface area contributed by atoms with Crippen molar-refractivity contribution in [2.45, 2.75) is 26.3 Å². The summed E-state index contributed by atoms with van der Waals surface area (Å²) in [5, 5.41) is 2.82. The van der Waals surface area contributed by atoms with Gasteiger partial charge in [0.15, 0.2) is 17.0 Å². The molecule has 3 N–H and O–H groups in total. The fourth-order valence-electron chi connectivity index (χ4n) is 1.38. The highest BCUT2D eigenvalue weighted by molar-refractivity contribution is 5.90. The van der Waals surface area contributed by atoms with Gasteiger partial charge in [-0.1, -0.05) is 0 Å². The van der Waals surface area contributed by atoms with E-state index in [0.29, 0.717) is 11.2 Å². The van der Waals surface area contributed by atoms with E-state index in [1.54, 1.807) is 0 Å². The molecule has 2 heterocycles. The number of nitrogens with zero attached hydrogens (tertiary/aromatic N) is 4. The highest BCUT2D eigenvalue weighted by Gasteiger charge is 2.18. The first-order valence-corrected chi connectivity index (χ1v) is 5.14. The van der Waals surface area contributed by atoms with Crippen LogP contribution in [0, 0.1) is 0 Å². The highest BCUT2D eigenvalue weighted by Crippen LogP contribution is 2.14. The van der Waals surface area contributed by atoms with Crippen molar-refractivity contribution in [1.82, 2.24) is 24.8 Å². The molecule has 0 aromatic carbocycles. The summed E-state index contributed by atoms with van der Waals surface area (Å²) in [6.07, 6.45) is 2.69. The van der Waals surface area contributed by atoms with E-state index < -0.39 is 0 Å². The van der Waals surface area contributed by atoms with E-state index in [-0.39, 0.29) is 17.4 Å². The van der Waals surface area contributed by atoms with E-state index in [1.165, 1.54) is 17.2 Å². The lowest BCUT2D eigenvalue weighted by atomic mass is 10.1. The number of imidazole rings is 1. The van der Waals surface area contributed by atoms with Crippen LogP contribution in [-0.2, 0) is 0 Å². The van der Waals surface area contributed by atoms with Gasteiger partial charge in [0.05, 0.1) is 0 Å². The Morgan fingerprint density at radius 1 is 1.35 bits per heavy atom. The Labute approximate surface area is 98.1 Å². The molecule has 90 valence electrons. The first-order chi connectivity index (χ1) is 7.88. The third kappa shape index (κ3) is 2.17. The largest absolute Gasteiger partial charge is 0.382 e. The molecule has 0 unspecified atom stereocenters. The van der Waals surface area contributed by atoms with Gasteiger partial charge in [-0.3, -0.25) is 0 Å². The van der Waals surface area contributed by atoms with Crippen molar-refractivity contribution in [3.63, 3.8) is 0 Å². The number of carbonyl (C=O) groups excluding carboxylic acids is 1. The molecule has 0 saturated carbocycles. The summed E-state index contributed by atoms with van der Waals surface area (Å²) in [5.74, 6) is 0.261. The molecule has 0 fully saturated rings. The number of aromatic nitrogens is 4. The maximum absolute atomic E-state index is 12.0. The Morgan fingerprint density at radius 3 is 2.71 bits per heavy atom. The highest BCUT2D eigenvalue weighted by atomic mass is 16.2. The Balaban J connectivity index is 2.43. The fraction of sp³-hybridized carbons (Fsp3) is 0.400. The monoisotopic (exact) mass is 234 g/mol. The maximum Gasteiger partial charge on any atom is 0.328 e. The minimum Gasteiger partial charge on any atom is -0.382 e.